The molecule has 104 valence electrons. The molecule has 2 aromatic carbocycles. The average Bonchev–Trinajstić information content (AvgIpc) is 2.42. The summed E-state index contributed by atoms with van der Waals surface area (Å²) in [7, 11) is 3.93. The van der Waals surface area contributed by atoms with Crippen molar-refractivity contribution in [3.8, 4) is 0 Å². The Kier molecular flexibility index (Phi) is 4.48. The molecule has 2 aromatic rings. The van der Waals surface area contributed by atoms with Crippen LogP contribution in [0.4, 0.5) is 21.9 Å². The van der Waals surface area contributed by atoms with Gasteiger partial charge in [-0.05, 0) is 36.4 Å². The van der Waals surface area contributed by atoms with Crippen LogP contribution in [0.2, 0.25) is 5.02 Å². The van der Waals surface area contributed by atoms with E-state index in [-0.39, 0.29) is 6.03 Å². The summed E-state index contributed by atoms with van der Waals surface area (Å²) in [5, 5.41) is 5.97. The second-order valence-corrected chi connectivity index (χ2v) is 4.91. The van der Waals surface area contributed by atoms with Gasteiger partial charge in [0, 0.05) is 25.5 Å². The molecule has 4 nitrogen and oxygen atoms in total. The van der Waals surface area contributed by atoms with Gasteiger partial charge in [0.1, 0.15) is 0 Å². The summed E-state index contributed by atoms with van der Waals surface area (Å²) in [4.78, 5) is 13.9. The van der Waals surface area contributed by atoms with Crippen LogP contribution >= 0.6 is 11.6 Å². The maximum atomic E-state index is 11.9. The molecule has 0 spiro atoms. The van der Waals surface area contributed by atoms with Gasteiger partial charge in [-0.15, -0.1) is 0 Å². The topological polar surface area (TPSA) is 44.4 Å². The number of anilines is 3. The van der Waals surface area contributed by atoms with Gasteiger partial charge in [0.2, 0.25) is 0 Å². The van der Waals surface area contributed by atoms with Gasteiger partial charge in [-0.3, -0.25) is 0 Å². The number of nitrogens with one attached hydrogen (secondary N) is 2. The molecule has 0 fully saturated rings. The molecular weight excluding hydrogens is 274 g/mol. The zero-order valence-corrected chi connectivity index (χ0v) is 12.1. The van der Waals surface area contributed by atoms with E-state index in [4.69, 9.17) is 11.6 Å². The van der Waals surface area contributed by atoms with Crippen LogP contribution in [0.5, 0.6) is 0 Å². The van der Waals surface area contributed by atoms with Crippen molar-refractivity contribution in [3.63, 3.8) is 0 Å². The molecule has 2 N–H and O–H groups in total. The van der Waals surface area contributed by atoms with Crippen LogP contribution in [0.15, 0.2) is 48.5 Å². The first kappa shape index (κ1) is 14.2. The zero-order chi connectivity index (χ0) is 14.5. The minimum atomic E-state index is -0.323. The van der Waals surface area contributed by atoms with Crippen LogP contribution in [0.3, 0.4) is 0 Å². The Hall–Kier alpha value is -2.20. The van der Waals surface area contributed by atoms with Gasteiger partial charge in [-0.2, -0.15) is 0 Å². The second kappa shape index (κ2) is 6.30. The van der Waals surface area contributed by atoms with Crippen molar-refractivity contribution in [3.05, 3.63) is 53.6 Å². The molecule has 2 amide bonds. The minimum Gasteiger partial charge on any atom is -0.378 e. The maximum absolute atomic E-state index is 11.9. The summed E-state index contributed by atoms with van der Waals surface area (Å²) < 4.78 is 0. The third-order valence-corrected chi connectivity index (χ3v) is 3.09. The fourth-order valence-electron chi connectivity index (χ4n) is 1.69. The third kappa shape index (κ3) is 3.65. The summed E-state index contributed by atoms with van der Waals surface area (Å²) in [6, 6.07) is 14.3. The summed E-state index contributed by atoms with van der Waals surface area (Å²) >= 11 is 5.98. The molecule has 2 rings (SSSR count). The molecule has 0 aromatic heterocycles. The van der Waals surface area contributed by atoms with E-state index in [1.54, 1.807) is 12.1 Å². The normalized spacial score (nSPS) is 9.95. The number of para-hydroxylation sites is 1. The number of benzene rings is 2. The Morgan fingerprint density at radius 3 is 2.25 bits per heavy atom. The van der Waals surface area contributed by atoms with Crippen molar-refractivity contribution in [1.82, 2.24) is 0 Å². The number of carbonyl (C=O) groups is 1. The molecule has 0 heterocycles. The third-order valence-electron chi connectivity index (χ3n) is 2.76. The lowest BCUT2D eigenvalue weighted by molar-refractivity contribution is 0.262. The van der Waals surface area contributed by atoms with Gasteiger partial charge in [-0.25, -0.2) is 4.79 Å². The van der Waals surface area contributed by atoms with E-state index in [0.717, 1.165) is 11.4 Å². The van der Waals surface area contributed by atoms with Crippen LogP contribution < -0.4 is 15.5 Å². The van der Waals surface area contributed by atoms with Crippen LogP contribution in [0.1, 0.15) is 0 Å². The van der Waals surface area contributed by atoms with E-state index in [9.17, 15) is 4.79 Å². The Labute approximate surface area is 123 Å². The second-order valence-electron chi connectivity index (χ2n) is 4.50. The molecule has 0 saturated carbocycles. The van der Waals surface area contributed by atoms with Crippen molar-refractivity contribution in [2.45, 2.75) is 0 Å². The summed E-state index contributed by atoms with van der Waals surface area (Å²) in [6.07, 6.45) is 0. The van der Waals surface area contributed by atoms with Gasteiger partial charge < -0.3 is 15.5 Å². The Balaban J connectivity index is 1.99. The number of amides is 2. The fraction of sp³-hybridized carbons (Fsp3) is 0.133. The Morgan fingerprint density at radius 2 is 1.65 bits per heavy atom. The van der Waals surface area contributed by atoms with E-state index in [1.807, 2.05) is 55.4 Å². The molecule has 0 atom stereocenters. The largest absolute Gasteiger partial charge is 0.378 e. The highest BCUT2D eigenvalue weighted by molar-refractivity contribution is 6.33. The smallest absolute Gasteiger partial charge is 0.323 e. The van der Waals surface area contributed by atoms with Crippen molar-refractivity contribution in [2.24, 2.45) is 0 Å². The van der Waals surface area contributed by atoms with E-state index in [2.05, 4.69) is 10.6 Å². The van der Waals surface area contributed by atoms with Crippen LogP contribution in [0, 0.1) is 0 Å². The van der Waals surface area contributed by atoms with Crippen molar-refractivity contribution in [2.75, 3.05) is 29.6 Å². The quantitative estimate of drug-likeness (QED) is 0.895. The van der Waals surface area contributed by atoms with E-state index in [0.29, 0.717) is 10.7 Å². The summed E-state index contributed by atoms with van der Waals surface area (Å²) in [5.74, 6) is 0. The number of urea groups is 1. The Morgan fingerprint density at radius 1 is 1.00 bits per heavy atom. The van der Waals surface area contributed by atoms with Crippen LogP contribution in [0.25, 0.3) is 0 Å². The van der Waals surface area contributed by atoms with Gasteiger partial charge in [-0.1, -0.05) is 23.7 Å². The first-order valence-corrected chi connectivity index (χ1v) is 6.54. The first-order valence-electron chi connectivity index (χ1n) is 6.16. The highest BCUT2D eigenvalue weighted by atomic mass is 35.5. The standard InChI is InChI=1S/C15H16ClN3O/c1-19(2)12-9-7-11(8-10-12)17-15(20)18-14-6-4-3-5-13(14)16/h3-10H,1-2H3,(H2,17,18,20). The lowest BCUT2D eigenvalue weighted by Gasteiger charge is -2.13. The number of rotatable bonds is 3. The highest BCUT2D eigenvalue weighted by Crippen LogP contribution is 2.21. The molecule has 0 aliphatic carbocycles. The van der Waals surface area contributed by atoms with E-state index in [1.165, 1.54) is 0 Å². The van der Waals surface area contributed by atoms with Gasteiger partial charge in [0.25, 0.3) is 0 Å². The highest BCUT2D eigenvalue weighted by Gasteiger charge is 2.05. The van der Waals surface area contributed by atoms with Gasteiger partial charge in [0.15, 0.2) is 0 Å². The molecule has 5 heteroatoms. The Bertz CT molecular complexity index is 596. The fourth-order valence-corrected chi connectivity index (χ4v) is 1.87. The average molecular weight is 290 g/mol. The molecule has 0 aliphatic rings. The zero-order valence-electron chi connectivity index (χ0n) is 11.4. The lowest BCUT2D eigenvalue weighted by atomic mass is 10.2. The van der Waals surface area contributed by atoms with E-state index >= 15 is 0 Å². The number of hydrogen-bond donors (Lipinski definition) is 2. The predicted molar refractivity (Wildman–Crippen MR) is 84.9 cm³/mol. The maximum Gasteiger partial charge on any atom is 0.323 e. The SMILES string of the molecule is CN(C)c1ccc(NC(=O)Nc2ccccc2Cl)cc1. The van der Waals surface area contributed by atoms with Crippen molar-refractivity contribution < 1.29 is 4.79 Å². The van der Waals surface area contributed by atoms with Crippen LogP contribution in [-0.2, 0) is 0 Å². The van der Waals surface area contributed by atoms with Gasteiger partial charge in [0.05, 0.1) is 10.7 Å². The van der Waals surface area contributed by atoms with Gasteiger partial charge >= 0.3 is 6.03 Å². The summed E-state index contributed by atoms with van der Waals surface area (Å²) in [5.41, 5.74) is 2.37. The van der Waals surface area contributed by atoms with Crippen molar-refractivity contribution >= 4 is 34.7 Å². The van der Waals surface area contributed by atoms with Crippen LogP contribution in [-0.4, -0.2) is 20.1 Å². The molecule has 0 bridgehead atoms. The number of nitrogens with zero attached hydrogens (tertiary/aromatic N) is 1. The predicted octanol–water partition coefficient (Wildman–Crippen LogP) is 4.05. The molecular formula is C15H16ClN3O. The lowest BCUT2D eigenvalue weighted by Crippen LogP contribution is -2.19. The molecule has 0 unspecified atom stereocenters. The number of hydrogen-bond acceptors (Lipinski definition) is 2. The molecule has 0 radical (unpaired) electrons. The molecule has 20 heavy (non-hydrogen) atoms. The molecule has 0 saturated heterocycles. The molecule has 0 aliphatic heterocycles. The summed E-state index contributed by atoms with van der Waals surface area (Å²) in [6.45, 7) is 0. The monoisotopic (exact) mass is 289 g/mol. The van der Waals surface area contributed by atoms with E-state index < -0.39 is 0 Å². The number of halogens is 1. The first-order chi connectivity index (χ1) is 9.56. The minimum absolute atomic E-state index is 0.323. The van der Waals surface area contributed by atoms with Crippen molar-refractivity contribution in [1.29, 1.82) is 0 Å². The number of carbonyl (C=O) groups excluding carboxylic acids is 1.